The lowest BCUT2D eigenvalue weighted by Crippen LogP contribution is -1.98. The van der Waals surface area contributed by atoms with E-state index in [1.807, 2.05) is 26.8 Å². The summed E-state index contributed by atoms with van der Waals surface area (Å²) in [6.07, 6.45) is 3.66. The minimum Gasteiger partial charge on any atom is -0.153 e. The van der Waals surface area contributed by atoms with E-state index in [4.69, 9.17) is 0 Å². The Hall–Kier alpha value is -1.38. The summed E-state index contributed by atoms with van der Waals surface area (Å²) in [5, 5.41) is 8.44. The van der Waals surface area contributed by atoms with Crippen LogP contribution in [0.3, 0.4) is 0 Å². The fraction of sp³-hybridized carbons (Fsp3) is 0.333. The van der Waals surface area contributed by atoms with E-state index in [9.17, 15) is 0 Å². The Balaban J connectivity index is 3.11. The third-order valence-electron chi connectivity index (χ3n) is 1.75. The van der Waals surface area contributed by atoms with Crippen molar-refractivity contribution in [1.29, 1.82) is 0 Å². The molecule has 1 rings (SSSR count). The Morgan fingerprint density at radius 3 is 2.17 bits per heavy atom. The molecule has 0 N–H and O–H groups in total. The van der Waals surface area contributed by atoms with Crippen LogP contribution in [0.25, 0.3) is 5.70 Å². The lowest BCUT2D eigenvalue weighted by molar-refractivity contribution is 0.764. The lowest BCUT2D eigenvalue weighted by atomic mass is 10.4. The average Bonchev–Trinajstić information content (AvgIpc) is 2.35. The van der Waals surface area contributed by atoms with Crippen LogP contribution in [0.5, 0.6) is 0 Å². The van der Waals surface area contributed by atoms with Gasteiger partial charge in [0.15, 0.2) is 0 Å². The van der Waals surface area contributed by atoms with E-state index in [2.05, 4.69) is 16.8 Å². The van der Waals surface area contributed by atoms with Crippen molar-refractivity contribution in [2.24, 2.45) is 0 Å². The molecule has 0 bridgehead atoms. The monoisotopic (exact) mass is 163 g/mol. The molecule has 0 aliphatic carbocycles. The molecule has 0 aromatic carbocycles. The smallest absolute Gasteiger partial charge is 0.0830 e. The Kier molecular flexibility index (Phi) is 2.43. The molecular weight excluding hydrogens is 150 g/mol. The van der Waals surface area contributed by atoms with Crippen molar-refractivity contribution in [1.82, 2.24) is 15.0 Å². The Labute approximate surface area is 72.4 Å². The molecule has 0 aliphatic rings. The predicted octanol–water partition coefficient (Wildman–Crippen LogP) is 1.94. The molecule has 1 aromatic heterocycles. The second-order valence-corrected chi connectivity index (χ2v) is 2.58. The van der Waals surface area contributed by atoms with Crippen LogP contribution < -0.4 is 0 Å². The Bertz CT molecular complexity index is 301. The molecule has 64 valence electrons. The average molecular weight is 163 g/mol. The number of nitrogens with zero attached hydrogens (tertiary/aromatic N) is 3. The van der Waals surface area contributed by atoms with Gasteiger partial charge in [-0.05, 0) is 26.8 Å². The van der Waals surface area contributed by atoms with Crippen LogP contribution in [0.15, 0.2) is 18.7 Å². The summed E-state index contributed by atoms with van der Waals surface area (Å²) in [7, 11) is 0. The van der Waals surface area contributed by atoms with Crippen LogP contribution in [0.2, 0.25) is 0 Å². The molecule has 3 heteroatoms. The first-order valence-corrected chi connectivity index (χ1v) is 3.88. The molecule has 3 nitrogen and oxygen atoms in total. The van der Waals surface area contributed by atoms with Gasteiger partial charge in [0.25, 0.3) is 0 Å². The molecular formula is C9H13N3. The van der Waals surface area contributed by atoms with Crippen LogP contribution in [0.1, 0.15) is 18.3 Å². The van der Waals surface area contributed by atoms with Gasteiger partial charge in [0.05, 0.1) is 17.1 Å². The normalized spacial score (nSPS) is 11.8. The summed E-state index contributed by atoms with van der Waals surface area (Å²) in [5.74, 6) is 0. The fourth-order valence-corrected chi connectivity index (χ4v) is 0.882. The summed E-state index contributed by atoms with van der Waals surface area (Å²) >= 11 is 0. The van der Waals surface area contributed by atoms with E-state index >= 15 is 0 Å². The molecule has 0 amide bonds. The van der Waals surface area contributed by atoms with E-state index in [1.165, 1.54) is 0 Å². The maximum absolute atomic E-state index is 4.22. The fourth-order valence-electron chi connectivity index (χ4n) is 0.882. The van der Waals surface area contributed by atoms with Crippen molar-refractivity contribution in [2.45, 2.75) is 20.8 Å². The van der Waals surface area contributed by atoms with Crippen molar-refractivity contribution in [2.75, 3.05) is 0 Å². The van der Waals surface area contributed by atoms with Gasteiger partial charge >= 0.3 is 0 Å². The standard InChI is InChI=1S/C9H13N3/c1-5-9(6-2)12-10-7(3)8(4)11-12/h5-6H,1H2,2-4H3/b9-6+. The second-order valence-electron chi connectivity index (χ2n) is 2.58. The molecule has 0 atom stereocenters. The number of aryl methyl sites for hydroxylation is 2. The van der Waals surface area contributed by atoms with Crippen molar-refractivity contribution in [3.8, 4) is 0 Å². The number of rotatable bonds is 2. The van der Waals surface area contributed by atoms with E-state index in [1.54, 1.807) is 10.9 Å². The van der Waals surface area contributed by atoms with Crippen LogP contribution >= 0.6 is 0 Å². The quantitative estimate of drug-likeness (QED) is 0.624. The second kappa shape index (κ2) is 3.34. The van der Waals surface area contributed by atoms with Crippen LogP contribution in [-0.4, -0.2) is 15.0 Å². The van der Waals surface area contributed by atoms with Crippen molar-refractivity contribution in [3.05, 3.63) is 30.1 Å². The first-order valence-electron chi connectivity index (χ1n) is 3.88. The highest BCUT2D eigenvalue weighted by Gasteiger charge is 2.02. The SMILES string of the molecule is C=C/C(=C\C)n1nc(C)c(C)n1. The molecule has 12 heavy (non-hydrogen) atoms. The summed E-state index contributed by atoms with van der Waals surface area (Å²) in [6, 6.07) is 0. The number of hydrogen-bond acceptors (Lipinski definition) is 2. The third kappa shape index (κ3) is 1.44. The van der Waals surface area contributed by atoms with Crippen molar-refractivity contribution >= 4 is 5.70 Å². The molecule has 0 radical (unpaired) electrons. The molecule has 0 saturated heterocycles. The zero-order valence-electron chi connectivity index (χ0n) is 7.70. The number of allylic oxidation sites excluding steroid dienone is 3. The highest BCUT2D eigenvalue weighted by atomic mass is 15.5. The topological polar surface area (TPSA) is 30.7 Å². The molecule has 0 fully saturated rings. The van der Waals surface area contributed by atoms with Gasteiger partial charge in [0.1, 0.15) is 0 Å². The zero-order valence-corrected chi connectivity index (χ0v) is 7.70. The van der Waals surface area contributed by atoms with E-state index in [0.29, 0.717) is 0 Å². The first-order chi connectivity index (χ1) is 5.69. The minimum atomic E-state index is 0.909. The molecule has 1 aromatic rings. The van der Waals surface area contributed by atoms with Crippen LogP contribution in [-0.2, 0) is 0 Å². The Morgan fingerprint density at radius 1 is 1.33 bits per heavy atom. The summed E-state index contributed by atoms with van der Waals surface area (Å²) < 4.78 is 0. The summed E-state index contributed by atoms with van der Waals surface area (Å²) in [5.41, 5.74) is 2.82. The van der Waals surface area contributed by atoms with Crippen LogP contribution in [0.4, 0.5) is 0 Å². The highest BCUT2D eigenvalue weighted by molar-refractivity contribution is 5.53. The molecule has 0 aliphatic heterocycles. The number of aromatic nitrogens is 3. The van der Waals surface area contributed by atoms with Crippen LogP contribution in [0, 0.1) is 13.8 Å². The highest BCUT2D eigenvalue weighted by Crippen LogP contribution is 2.05. The molecule has 0 saturated carbocycles. The largest absolute Gasteiger partial charge is 0.153 e. The Morgan fingerprint density at radius 2 is 1.83 bits per heavy atom. The maximum atomic E-state index is 4.22. The predicted molar refractivity (Wildman–Crippen MR) is 49.6 cm³/mol. The van der Waals surface area contributed by atoms with Gasteiger partial charge < -0.3 is 0 Å². The van der Waals surface area contributed by atoms with Gasteiger partial charge in [-0.15, -0.1) is 0 Å². The van der Waals surface area contributed by atoms with Gasteiger partial charge in [-0.3, -0.25) is 0 Å². The summed E-state index contributed by atoms with van der Waals surface area (Å²) in [6.45, 7) is 9.49. The lowest BCUT2D eigenvalue weighted by Gasteiger charge is -1.96. The summed E-state index contributed by atoms with van der Waals surface area (Å²) in [4.78, 5) is 1.59. The molecule has 0 unspecified atom stereocenters. The van der Waals surface area contributed by atoms with Gasteiger partial charge in [0, 0.05) is 0 Å². The van der Waals surface area contributed by atoms with Crippen molar-refractivity contribution < 1.29 is 0 Å². The van der Waals surface area contributed by atoms with Gasteiger partial charge in [-0.1, -0.05) is 12.7 Å². The van der Waals surface area contributed by atoms with Gasteiger partial charge in [0.2, 0.25) is 0 Å². The first kappa shape index (κ1) is 8.71. The van der Waals surface area contributed by atoms with Gasteiger partial charge in [-0.2, -0.15) is 15.0 Å². The van der Waals surface area contributed by atoms with E-state index < -0.39 is 0 Å². The molecule has 0 spiro atoms. The maximum Gasteiger partial charge on any atom is 0.0830 e. The number of hydrogen-bond donors (Lipinski definition) is 0. The van der Waals surface area contributed by atoms with E-state index in [0.717, 1.165) is 17.1 Å². The third-order valence-corrected chi connectivity index (χ3v) is 1.75. The minimum absolute atomic E-state index is 0.909. The molecule has 1 heterocycles. The van der Waals surface area contributed by atoms with Gasteiger partial charge in [-0.25, -0.2) is 0 Å². The van der Waals surface area contributed by atoms with E-state index in [-0.39, 0.29) is 0 Å². The zero-order chi connectivity index (χ0) is 9.14. The van der Waals surface area contributed by atoms with Crippen molar-refractivity contribution in [3.63, 3.8) is 0 Å².